The van der Waals surface area contributed by atoms with E-state index in [1.807, 2.05) is 19.1 Å². The molecule has 0 saturated carbocycles. The maximum atomic E-state index is 6.02. The van der Waals surface area contributed by atoms with Crippen LogP contribution in [0.5, 0.6) is 0 Å². The van der Waals surface area contributed by atoms with Crippen LogP contribution in [-0.4, -0.2) is 37.0 Å². The molecule has 1 heterocycles. The largest absolute Gasteiger partial charge is 0.314 e. The van der Waals surface area contributed by atoms with Gasteiger partial charge in [-0.3, -0.25) is 4.90 Å². The van der Waals surface area contributed by atoms with E-state index in [2.05, 4.69) is 52.7 Å². The molecule has 25 heavy (non-hydrogen) atoms. The molecule has 1 aliphatic rings. The quantitative estimate of drug-likeness (QED) is 0.662. The molecule has 0 bridgehead atoms. The van der Waals surface area contributed by atoms with E-state index in [9.17, 15) is 0 Å². The number of alkyl halides is 1. The highest BCUT2D eigenvalue weighted by molar-refractivity contribution is 6.30. The Morgan fingerprint density at radius 3 is 1.92 bits per heavy atom. The summed E-state index contributed by atoms with van der Waals surface area (Å²) in [6.07, 6.45) is 0. The fourth-order valence-electron chi connectivity index (χ4n) is 2.83. The Bertz CT molecular complexity index is 557. The van der Waals surface area contributed by atoms with Gasteiger partial charge in [-0.05, 0) is 23.3 Å². The molecule has 2 nitrogen and oxygen atoms in total. The summed E-state index contributed by atoms with van der Waals surface area (Å²) in [7, 11) is 0. The van der Waals surface area contributed by atoms with Crippen LogP contribution in [-0.2, 0) is 0 Å². The number of halogens is 4. The SMILES string of the molecule is CCCl.Cl.Cl.Clc1ccc(C(c2ccccc2)N2CCNCC2)cc1. The van der Waals surface area contributed by atoms with Crippen LogP contribution in [0.2, 0.25) is 5.02 Å². The van der Waals surface area contributed by atoms with E-state index in [0.717, 1.165) is 37.1 Å². The predicted molar refractivity (Wildman–Crippen MR) is 115 cm³/mol. The van der Waals surface area contributed by atoms with Gasteiger partial charge in [-0.25, -0.2) is 0 Å². The van der Waals surface area contributed by atoms with Crippen molar-refractivity contribution in [2.45, 2.75) is 13.0 Å². The van der Waals surface area contributed by atoms with Crippen LogP contribution in [0.1, 0.15) is 24.1 Å². The van der Waals surface area contributed by atoms with Gasteiger partial charge in [0.1, 0.15) is 0 Å². The number of hydrogen-bond donors (Lipinski definition) is 1. The summed E-state index contributed by atoms with van der Waals surface area (Å²) in [6.45, 7) is 6.14. The van der Waals surface area contributed by atoms with Crippen LogP contribution >= 0.6 is 48.0 Å². The van der Waals surface area contributed by atoms with Crippen LogP contribution in [0.3, 0.4) is 0 Å². The monoisotopic (exact) mass is 422 g/mol. The van der Waals surface area contributed by atoms with Crippen LogP contribution < -0.4 is 5.32 Å². The lowest BCUT2D eigenvalue weighted by atomic mass is 9.96. The van der Waals surface area contributed by atoms with Crippen molar-refractivity contribution in [2.75, 3.05) is 32.1 Å². The van der Waals surface area contributed by atoms with Gasteiger partial charge in [-0.15, -0.1) is 36.4 Å². The zero-order chi connectivity index (χ0) is 16.5. The molecule has 1 unspecified atom stereocenters. The Labute approximate surface area is 173 Å². The van der Waals surface area contributed by atoms with Gasteiger partial charge < -0.3 is 5.32 Å². The summed E-state index contributed by atoms with van der Waals surface area (Å²) < 4.78 is 0. The van der Waals surface area contributed by atoms with Gasteiger partial charge in [0.2, 0.25) is 0 Å². The second kappa shape index (κ2) is 13.7. The molecule has 2 aromatic rings. The average molecular weight is 424 g/mol. The molecule has 3 rings (SSSR count). The summed E-state index contributed by atoms with van der Waals surface area (Å²) in [5, 5.41) is 4.21. The fourth-order valence-corrected chi connectivity index (χ4v) is 2.96. The highest BCUT2D eigenvalue weighted by Crippen LogP contribution is 2.29. The average Bonchev–Trinajstić information content (AvgIpc) is 2.60. The van der Waals surface area contributed by atoms with Crippen molar-refractivity contribution in [3.8, 4) is 0 Å². The van der Waals surface area contributed by atoms with Gasteiger partial charge >= 0.3 is 0 Å². The van der Waals surface area contributed by atoms with E-state index in [1.165, 1.54) is 11.1 Å². The third-order valence-corrected chi connectivity index (χ3v) is 4.07. The topological polar surface area (TPSA) is 15.3 Å². The Morgan fingerprint density at radius 1 is 0.920 bits per heavy atom. The van der Waals surface area contributed by atoms with Crippen LogP contribution in [0.4, 0.5) is 0 Å². The van der Waals surface area contributed by atoms with Gasteiger partial charge in [-0.1, -0.05) is 61.0 Å². The summed E-state index contributed by atoms with van der Waals surface area (Å²) in [5.74, 6) is 0.722. The first-order chi connectivity index (χ1) is 11.3. The molecule has 1 N–H and O–H groups in total. The molecule has 1 fully saturated rings. The van der Waals surface area contributed by atoms with E-state index in [0.29, 0.717) is 6.04 Å². The van der Waals surface area contributed by atoms with E-state index in [-0.39, 0.29) is 24.8 Å². The Kier molecular flexibility index (Phi) is 13.4. The third kappa shape index (κ3) is 7.74. The molecule has 0 spiro atoms. The molecule has 0 aromatic heterocycles. The molecule has 6 heteroatoms. The van der Waals surface area contributed by atoms with Crippen LogP contribution in [0.15, 0.2) is 54.6 Å². The molecule has 0 radical (unpaired) electrons. The number of nitrogens with one attached hydrogen (secondary N) is 1. The standard InChI is InChI=1S/C17H19ClN2.C2H5Cl.2ClH/c18-16-8-6-15(7-9-16)17(14-4-2-1-3-5-14)20-12-10-19-11-13-20;1-2-3;;/h1-9,17,19H,10-13H2;2H2,1H3;2*1H. The molecule has 0 amide bonds. The van der Waals surface area contributed by atoms with E-state index in [1.54, 1.807) is 0 Å². The van der Waals surface area contributed by atoms with Crippen molar-refractivity contribution in [1.29, 1.82) is 0 Å². The number of rotatable bonds is 3. The number of piperazine rings is 1. The van der Waals surface area contributed by atoms with Crippen molar-refractivity contribution in [2.24, 2.45) is 0 Å². The first-order valence-corrected chi connectivity index (χ1v) is 8.98. The smallest absolute Gasteiger partial charge is 0.0602 e. The lowest BCUT2D eigenvalue weighted by molar-refractivity contribution is 0.198. The number of nitrogens with zero attached hydrogens (tertiary/aromatic N) is 1. The third-order valence-electron chi connectivity index (χ3n) is 3.82. The highest BCUT2D eigenvalue weighted by Gasteiger charge is 2.23. The van der Waals surface area contributed by atoms with Crippen molar-refractivity contribution in [3.63, 3.8) is 0 Å². The van der Waals surface area contributed by atoms with Crippen molar-refractivity contribution < 1.29 is 0 Å². The highest BCUT2D eigenvalue weighted by atomic mass is 35.5. The van der Waals surface area contributed by atoms with Crippen molar-refractivity contribution >= 4 is 48.0 Å². The zero-order valence-corrected chi connectivity index (χ0v) is 17.5. The minimum absolute atomic E-state index is 0. The lowest BCUT2D eigenvalue weighted by Crippen LogP contribution is -2.45. The van der Waals surface area contributed by atoms with Gasteiger partial charge in [-0.2, -0.15) is 0 Å². The fraction of sp³-hybridized carbons (Fsp3) is 0.368. The lowest BCUT2D eigenvalue weighted by Gasteiger charge is -2.35. The van der Waals surface area contributed by atoms with Gasteiger partial charge in [0, 0.05) is 37.1 Å². The van der Waals surface area contributed by atoms with Gasteiger partial charge in [0.25, 0.3) is 0 Å². The minimum atomic E-state index is 0. The van der Waals surface area contributed by atoms with Gasteiger partial charge in [0.05, 0.1) is 6.04 Å². The number of hydrogen-bond acceptors (Lipinski definition) is 2. The summed E-state index contributed by atoms with van der Waals surface area (Å²) in [5.41, 5.74) is 2.65. The maximum Gasteiger partial charge on any atom is 0.0602 e. The maximum absolute atomic E-state index is 6.02. The van der Waals surface area contributed by atoms with E-state index < -0.39 is 0 Å². The number of benzene rings is 2. The Hall–Kier alpha value is -0.480. The molecule has 1 saturated heterocycles. The molecule has 140 valence electrons. The van der Waals surface area contributed by atoms with E-state index >= 15 is 0 Å². The molecule has 1 aliphatic heterocycles. The summed E-state index contributed by atoms with van der Waals surface area (Å²) in [4.78, 5) is 2.54. The first-order valence-electron chi connectivity index (χ1n) is 8.07. The van der Waals surface area contributed by atoms with Crippen LogP contribution in [0, 0.1) is 0 Å². The molecule has 2 aromatic carbocycles. The van der Waals surface area contributed by atoms with Crippen LogP contribution in [0.25, 0.3) is 0 Å². The predicted octanol–water partition coefficient (Wildman–Crippen LogP) is 5.42. The first kappa shape index (κ1) is 24.5. The molecule has 1 atom stereocenters. The molecular formula is C19H26Cl4N2. The second-order valence-electron chi connectivity index (χ2n) is 5.42. The van der Waals surface area contributed by atoms with Gasteiger partial charge in [0.15, 0.2) is 0 Å². The normalized spacial score (nSPS) is 15.0. The Balaban J connectivity index is 0.00000108. The Morgan fingerprint density at radius 2 is 1.40 bits per heavy atom. The van der Waals surface area contributed by atoms with E-state index in [4.69, 9.17) is 23.2 Å². The second-order valence-corrected chi connectivity index (χ2v) is 6.39. The van der Waals surface area contributed by atoms with Crippen molar-refractivity contribution in [3.05, 3.63) is 70.7 Å². The minimum Gasteiger partial charge on any atom is -0.314 e. The summed E-state index contributed by atoms with van der Waals surface area (Å²) in [6, 6.07) is 19.3. The van der Waals surface area contributed by atoms with Crippen molar-refractivity contribution in [1.82, 2.24) is 10.2 Å². The molecule has 0 aliphatic carbocycles. The molecular weight excluding hydrogens is 398 g/mol. The zero-order valence-electron chi connectivity index (χ0n) is 14.3. The summed E-state index contributed by atoms with van der Waals surface area (Å²) >= 11 is 11.0.